The quantitative estimate of drug-likeness (QED) is 0.374. The third kappa shape index (κ3) is 7.01. The number of carbonyl (C=O) groups is 3. The second-order valence-corrected chi connectivity index (χ2v) is 6.05. The van der Waals surface area contributed by atoms with E-state index in [2.05, 4.69) is 5.32 Å². The Balaban J connectivity index is 2.13. The van der Waals surface area contributed by atoms with Gasteiger partial charge in [0.15, 0.2) is 6.61 Å². The molecule has 0 bridgehead atoms. The molecule has 1 N–H and O–H groups in total. The van der Waals surface area contributed by atoms with E-state index >= 15 is 0 Å². The van der Waals surface area contributed by atoms with Gasteiger partial charge in [-0.15, -0.1) is 0 Å². The number of para-hydroxylation sites is 1. The van der Waals surface area contributed by atoms with Gasteiger partial charge in [0.25, 0.3) is 5.91 Å². The number of ether oxygens (including phenoxy) is 3. The fourth-order valence-electron chi connectivity index (χ4n) is 2.48. The van der Waals surface area contributed by atoms with Gasteiger partial charge in [-0.1, -0.05) is 18.2 Å². The SMILES string of the molecule is CCOC(=O)COc1ccccc1/C=C(\C#N)C(=O)Nc1ccc(C(=O)OCC)cc1. The molecule has 1 amide bonds. The summed E-state index contributed by atoms with van der Waals surface area (Å²) in [6.07, 6.45) is 1.36. The van der Waals surface area contributed by atoms with E-state index in [-0.39, 0.29) is 25.4 Å². The number of carbonyl (C=O) groups excluding carboxylic acids is 3. The maximum absolute atomic E-state index is 12.5. The second kappa shape index (κ2) is 11.8. The third-order valence-electron chi connectivity index (χ3n) is 3.89. The summed E-state index contributed by atoms with van der Waals surface area (Å²) in [6, 6.07) is 14.6. The van der Waals surface area contributed by atoms with Gasteiger partial charge in [0.1, 0.15) is 17.4 Å². The molecule has 0 saturated heterocycles. The normalized spacial score (nSPS) is 10.5. The fourth-order valence-corrected chi connectivity index (χ4v) is 2.48. The van der Waals surface area contributed by atoms with Crippen molar-refractivity contribution in [1.82, 2.24) is 0 Å². The molecule has 0 fully saturated rings. The van der Waals surface area contributed by atoms with Crippen molar-refractivity contribution in [3.8, 4) is 11.8 Å². The van der Waals surface area contributed by atoms with Gasteiger partial charge in [0.2, 0.25) is 0 Å². The molecule has 8 nitrogen and oxygen atoms in total. The number of rotatable bonds is 9. The summed E-state index contributed by atoms with van der Waals surface area (Å²) in [4.78, 5) is 35.7. The van der Waals surface area contributed by atoms with E-state index in [0.29, 0.717) is 22.6 Å². The van der Waals surface area contributed by atoms with Crippen LogP contribution in [0.25, 0.3) is 6.08 Å². The number of nitrogens with one attached hydrogen (secondary N) is 1. The van der Waals surface area contributed by atoms with E-state index in [9.17, 15) is 19.6 Å². The van der Waals surface area contributed by atoms with E-state index in [0.717, 1.165) is 0 Å². The zero-order chi connectivity index (χ0) is 22.6. The Morgan fingerprint density at radius 1 is 1.00 bits per heavy atom. The van der Waals surface area contributed by atoms with E-state index in [1.54, 1.807) is 38.1 Å². The molecule has 0 aliphatic carbocycles. The van der Waals surface area contributed by atoms with Crippen molar-refractivity contribution >= 4 is 29.6 Å². The van der Waals surface area contributed by atoms with Crippen LogP contribution in [0.3, 0.4) is 0 Å². The molecule has 0 aliphatic heterocycles. The minimum atomic E-state index is -0.633. The lowest BCUT2D eigenvalue weighted by Gasteiger charge is -2.09. The van der Waals surface area contributed by atoms with Crippen LogP contribution >= 0.6 is 0 Å². The van der Waals surface area contributed by atoms with Gasteiger partial charge in [-0.05, 0) is 50.3 Å². The zero-order valence-electron chi connectivity index (χ0n) is 17.2. The first-order valence-corrected chi connectivity index (χ1v) is 9.56. The minimum absolute atomic E-state index is 0.165. The highest BCUT2D eigenvalue weighted by Crippen LogP contribution is 2.22. The third-order valence-corrected chi connectivity index (χ3v) is 3.89. The van der Waals surface area contributed by atoms with Crippen molar-refractivity contribution in [2.24, 2.45) is 0 Å². The Labute approximate surface area is 180 Å². The van der Waals surface area contributed by atoms with Gasteiger partial charge in [-0.3, -0.25) is 4.79 Å². The van der Waals surface area contributed by atoms with E-state index in [1.807, 2.05) is 6.07 Å². The number of nitrogens with zero attached hydrogens (tertiary/aromatic N) is 1. The molecule has 0 atom stereocenters. The fraction of sp³-hybridized carbons (Fsp3) is 0.217. The maximum atomic E-state index is 12.5. The molecule has 160 valence electrons. The van der Waals surface area contributed by atoms with E-state index < -0.39 is 17.8 Å². The average Bonchev–Trinajstić information content (AvgIpc) is 2.77. The first-order chi connectivity index (χ1) is 15.0. The van der Waals surface area contributed by atoms with Gasteiger partial charge in [-0.2, -0.15) is 5.26 Å². The number of hydrogen-bond donors (Lipinski definition) is 1. The number of nitriles is 1. The van der Waals surface area contributed by atoms with Gasteiger partial charge in [0.05, 0.1) is 18.8 Å². The molecule has 8 heteroatoms. The highest BCUT2D eigenvalue weighted by Gasteiger charge is 2.13. The molecule has 2 aromatic rings. The van der Waals surface area contributed by atoms with Crippen LogP contribution in [0.5, 0.6) is 5.75 Å². The topological polar surface area (TPSA) is 115 Å². The monoisotopic (exact) mass is 422 g/mol. The summed E-state index contributed by atoms with van der Waals surface area (Å²) in [7, 11) is 0. The smallest absolute Gasteiger partial charge is 0.344 e. The molecule has 2 rings (SSSR count). The van der Waals surface area contributed by atoms with Crippen LogP contribution < -0.4 is 10.1 Å². The van der Waals surface area contributed by atoms with Crippen LogP contribution in [0.2, 0.25) is 0 Å². The molecule has 0 radical (unpaired) electrons. The second-order valence-electron chi connectivity index (χ2n) is 6.05. The Kier molecular flexibility index (Phi) is 8.80. The molecular weight excluding hydrogens is 400 g/mol. The molecule has 2 aromatic carbocycles. The Morgan fingerprint density at radius 2 is 1.68 bits per heavy atom. The Morgan fingerprint density at radius 3 is 2.32 bits per heavy atom. The lowest BCUT2D eigenvalue weighted by molar-refractivity contribution is -0.145. The van der Waals surface area contributed by atoms with Gasteiger partial charge < -0.3 is 19.5 Å². The van der Waals surface area contributed by atoms with Gasteiger partial charge in [-0.25, -0.2) is 9.59 Å². The number of hydrogen-bond acceptors (Lipinski definition) is 7. The maximum Gasteiger partial charge on any atom is 0.344 e. The lowest BCUT2D eigenvalue weighted by atomic mass is 10.1. The summed E-state index contributed by atoms with van der Waals surface area (Å²) in [5.74, 6) is -1.29. The Hall–Kier alpha value is -4.12. The number of anilines is 1. The summed E-state index contributed by atoms with van der Waals surface area (Å²) in [5.41, 5.74) is 1.05. The predicted octanol–water partition coefficient (Wildman–Crippen LogP) is 3.35. The molecule has 0 spiro atoms. The highest BCUT2D eigenvalue weighted by molar-refractivity contribution is 6.10. The van der Waals surface area contributed by atoms with Crippen molar-refractivity contribution < 1.29 is 28.6 Å². The van der Waals surface area contributed by atoms with Crippen molar-refractivity contribution in [1.29, 1.82) is 5.26 Å². The molecule has 0 aromatic heterocycles. The van der Waals surface area contributed by atoms with Gasteiger partial charge >= 0.3 is 11.9 Å². The summed E-state index contributed by atoms with van der Waals surface area (Å²) >= 11 is 0. The molecule has 0 saturated carbocycles. The van der Waals surface area contributed by atoms with E-state index in [1.165, 1.54) is 30.3 Å². The summed E-state index contributed by atoms with van der Waals surface area (Å²) in [5, 5.41) is 12.0. The van der Waals surface area contributed by atoms with Crippen LogP contribution in [0.4, 0.5) is 5.69 Å². The Bertz CT molecular complexity index is 1010. The standard InChI is InChI=1S/C23H22N2O6/c1-3-29-21(26)15-31-20-8-6-5-7-17(20)13-18(14-24)22(27)25-19-11-9-16(10-12-19)23(28)30-4-2/h5-13H,3-4,15H2,1-2H3,(H,25,27)/b18-13+. The van der Waals surface area contributed by atoms with Crippen LogP contribution in [0.1, 0.15) is 29.8 Å². The first kappa shape index (κ1) is 23.2. The van der Waals surface area contributed by atoms with Gasteiger partial charge in [0, 0.05) is 11.3 Å². The molecule has 0 unspecified atom stereocenters. The summed E-state index contributed by atoms with van der Waals surface area (Å²) < 4.78 is 15.2. The molecule has 31 heavy (non-hydrogen) atoms. The highest BCUT2D eigenvalue weighted by atomic mass is 16.6. The van der Waals surface area contributed by atoms with Crippen LogP contribution in [0, 0.1) is 11.3 Å². The number of amides is 1. The lowest BCUT2D eigenvalue weighted by Crippen LogP contribution is -2.15. The van der Waals surface area contributed by atoms with Crippen molar-refractivity contribution in [2.75, 3.05) is 25.1 Å². The van der Waals surface area contributed by atoms with E-state index in [4.69, 9.17) is 14.2 Å². The molecule has 0 heterocycles. The summed E-state index contributed by atoms with van der Waals surface area (Å²) in [6.45, 7) is 3.61. The average molecular weight is 422 g/mol. The van der Waals surface area contributed by atoms with Crippen molar-refractivity contribution in [3.63, 3.8) is 0 Å². The first-order valence-electron chi connectivity index (χ1n) is 9.56. The van der Waals surface area contributed by atoms with Crippen molar-refractivity contribution in [3.05, 3.63) is 65.2 Å². The number of esters is 2. The molecular formula is C23H22N2O6. The predicted molar refractivity (Wildman–Crippen MR) is 113 cm³/mol. The van der Waals surface area contributed by atoms with Crippen LogP contribution in [-0.2, 0) is 19.1 Å². The largest absolute Gasteiger partial charge is 0.481 e. The molecule has 0 aliphatic rings. The number of benzene rings is 2. The van der Waals surface area contributed by atoms with Crippen molar-refractivity contribution in [2.45, 2.75) is 13.8 Å². The minimum Gasteiger partial charge on any atom is -0.481 e. The zero-order valence-corrected chi connectivity index (χ0v) is 17.2. The van der Waals surface area contributed by atoms with Crippen LogP contribution in [-0.4, -0.2) is 37.7 Å². The van der Waals surface area contributed by atoms with Crippen LogP contribution in [0.15, 0.2) is 54.1 Å².